The first kappa shape index (κ1) is 32.1. The summed E-state index contributed by atoms with van der Waals surface area (Å²) in [6, 6.07) is 14.7. The number of nitrogens with one attached hydrogen (secondary N) is 1. The first-order valence-electron chi connectivity index (χ1n) is 14.1. The molecule has 0 unspecified atom stereocenters. The maximum atomic E-state index is 13.4. The van der Waals surface area contributed by atoms with Gasteiger partial charge in [-0.1, -0.05) is 36.8 Å². The highest BCUT2D eigenvalue weighted by Crippen LogP contribution is 2.33. The van der Waals surface area contributed by atoms with Crippen molar-refractivity contribution in [2.75, 3.05) is 19.8 Å². The zero-order valence-electron chi connectivity index (χ0n) is 24.9. The Morgan fingerprint density at radius 1 is 0.795 bits per heavy atom. The summed E-state index contributed by atoms with van der Waals surface area (Å²) in [7, 11) is -4.16. The van der Waals surface area contributed by atoms with Crippen molar-refractivity contribution in [3.8, 4) is 23.0 Å². The maximum Gasteiger partial charge on any atom is 0.339 e. The fourth-order valence-corrected chi connectivity index (χ4v) is 5.20. The van der Waals surface area contributed by atoms with Crippen molar-refractivity contribution in [3.05, 3.63) is 82.9 Å². The molecule has 3 aromatic rings. The first-order valence-corrected chi connectivity index (χ1v) is 15.5. The summed E-state index contributed by atoms with van der Waals surface area (Å²) in [5.41, 5.74) is 1.53. The molecular formula is C32H34N2O9S. The average Bonchev–Trinajstić information content (AvgIpc) is 2.98. The van der Waals surface area contributed by atoms with Gasteiger partial charge in [-0.3, -0.25) is 19.8 Å². The molecule has 1 aliphatic heterocycles. The standard InChI is InChI=1S/C32H34N2O9S/c1-5-16-42-26-14-11-23(19-28(26)40-6-2)20-34-31(36)25(30(35)33-32(34)37)17-22-10-15-27(29(18-22)41-7-3)43-44(38,39)24-12-8-21(4)9-13-24/h8-15,17-19H,5-7,16,20H2,1-4H3,(H,33,35,37)/b25-17+. The summed E-state index contributed by atoms with van der Waals surface area (Å²) >= 11 is 0. The Labute approximate surface area is 256 Å². The minimum Gasteiger partial charge on any atom is -0.490 e. The van der Waals surface area contributed by atoms with E-state index in [0.717, 1.165) is 16.9 Å². The number of carbonyl (C=O) groups is 3. The zero-order chi connectivity index (χ0) is 31.9. The van der Waals surface area contributed by atoms with E-state index < -0.39 is 28.0 Å². The highest BCUT2D eigenvalue weighted by Gasteiger charge is 2.36. The molecule has 11 nitrogen and oxygen atoms in total. The van der Waals surface area contributed by atoms with Crippen LogP contribution in [0.2, 0.25) is 0 Å². The quantitative estimate of drug-likeness (QED) is 0.158. The molecule has 1 aliphatic rings. The number of hydrogen-bond acceptors (Lipinski definition) is 9. The topological polar surface area (TPSA) is 138 Å². The van der Waals surface area contributed by atoms with E-state index in [1.165, 1.54) is 36.4 Å². The summed E-state index contributed by atoms with van der Waals surface area (Å²) in [6.07, 6.45) is 2.11. The maximum absolute atomic E-state index is 13.4. The number of imide groups is 2. The van der Waals surface area contributed by atoms with Gasteiger partial charge < -0.3 is 18.4 Å². The van der Waals surface area contributed by atoms with E-state index >= 15 is 0 Å². The smallest absolute Gasteiger partial charge is 0.339 e. The Bertz CT molecular complexity index is 1680. The zero-order valence-corrected chi connectivity index (χ0v) is 25.7. The van der Waals surface area contributed by atoms with E-state index in [2.05, 4.69) is 5.32 Å². The van der Waals surface area contributed by atoms with Gasteiger partial charge in [0, 0.05) is 0 Å². The Morgan fingerprint density at radius 3 is 2.11 bits per heavy atom. The molecule has 1 saturated heterocycles. The molecule has 12 heteroatoms. The van der Waals surface area contributed by atoms with E-state index in [-0.39, 0.29) is 35.1 Å². The number of barbiturate groups is 1. The van der Waals surface area contributed by atoms with Gasteiger partial charge in [0.2, 0.25) is 0 Å². The van der Waals surface area contributed by atoms with E-state index in [4.69, 9.17) is 18.4 Å². The van der Waals surface area contributed by atoms with Crippen molar-refractivity contribution in [2.24, 2.45) is 0 Å². The van der Waals surface area contributed by atoms with Crippen LogP contribution in [0.25, 0.3) is 6.08 Å². The van der Waals surface area contributed by atoms with Crippen LogP contribution in [0.1, 0.15) is 43.9 Å². The van der Waals surface area contributed by atoms with Crippen molar-refractivity contribution in [3.63, 3.8) is 0 Å². The van der Waals surface area contributed by atoms with Crippen molar-refractivity contribution >= 4 is 34.0 Å². The van der Waals surface area contributed by atoms with Crippen molar-refractivity contribution in [2.45, 2.75) is 45.6 Å². The predicted molar refractivity (Wildman–Crippen MR) is 162 cm³/mol. The van der Waals surface area contributed by atoms with Gasteiger partial charge in [-0.25, -0.2) is 4.79 Å². The van der Waals surface area contributed by atoms with Crippen LogP contribution in [0.4, 0.5) is 4.79 Å². The third-order valence-electron chi connectivity index (χ3n) is 6.38. The molecule has 232 valence electrons. The fourth-order valence-electron chi connectivity index (χ4n) is 4.26. The largest absolute Gasteiger partial charge is 0.490 e. The molecule has 44 heavy (non-hydrogen) atoms. The second-order valence-corrected chi connectivity index (χ2v) is 11.3. The number of benzene rings is 3. The SMILES string of the molecule is CCCOc1ccc(CN2C(=O)NC(=O)/C(=C\c3ccc(OS(=O)(=O)c4ccc(C)cc4)c(OCC)c3)C2=O)cc1OCC. The monoisotopic (exact) mass is 622 g/mol. The normalized spacial score (nSPS) is 14.4. The van der Waals surface area contributed by atoms with Gasteiger partial charge in [0.1, 0.15) is 10.5 Å². The minimum absolute atomic E-state index is 0.0255. The van der Waals surface area contributed by atoms with Crippen LogP contribution < -0.4 is 23.7 Å². The third-order valence-corrected chi connectivity index (χ3v) is 7.63. The molecule has 1 fully saturated rings. The number of amides is 4. The van der Waals surface area contributed by atoms with E-state index in [0.29, 0.717) is 35.8 Å². The van der Waals surface area contributed by atoms with Crippen molar-refractivity contribution < 1.29 is 41.2 Å². The van der Waals surface area contributed by atoms with Gasteiger partial charge in [0.05, 0.1) is 26.4 Å². The highest BCUT2D eigenvalue weighted by molar-refractivity contribution is 7.87. The highest BCUT2D eigenvalue weighted by atomic mass is 32.2. The van der Waals surface area contributed by atoms with Gasteiger partial charge in [-0.15, -0.1) is 0 Å². The summed E-state index contributed by atoms with van der Waals surface area (Å²) in [5.74, 6) is -0.625. The predicted octanol–water partition coefficient (Wildman–Crippen LogP) is 5.01. The lowest BCUT2D eigenvalue weighted by Gasteiger charge is -2.26. The molecule has 3 aromatic carbocycles. The van der Waals surface area contributed by atoms with Gasteiger partial charge in [-0.2, -0.15) is 8.42 Å². The Balaban J connectivity index is 1.60. The molecule has 4 amide bonds. The third kappa shape index (κ3) is 7.56. The van der Waals surface area contributed by atoms with Gasteiger partial charge in [-0.05, 0) is 80.8 Å². The molecule has 1 heterocycles. The lowest BCUT2D eigenvalue weighted by atomic mass is 10.1. The molecule has 1 N–H and O–H groups in total. The minimum atomic E-state index is -4.16. The molecular weight excluding hydrogens is 588 g/mol. The molecule has 0 bridgehead atoms. The molecule has 0 spiro atoms. The number of hydrogen-bond donors (Lipinski definition) is 1. The second-order valence-electron chi connectivity index (χ2n) is 9.76. The summed E-state index contributed by atoms with van der Waals surface area (Å²) in [5, 5.41) is 2.20. The van der Waals surface area contributed by atoms with E-state index in [9.17, 15) is 22.8 Å². The van der Waals surface area contributed by atoms with Crippen molar-refractivity contribution in [1.82, 2.24) is 10.2 Å². The second kappa shape index (κ2) is 14.1. The number of rotatable bonds is 13. The molecule has 0 aromatic heterocycles. The summed E-state index contributed by atoms with van der Waals surface area (Å²) < 4.78 is 48.1. The average molecular weight is 623 g/mol. The van der Waals surface area contributed by atoms with Crippen LogP contribution in [-0.2, 0) is 26.3 Å². The first-order chi connectivity index (χ1) is 21.1. The van der Waals surface area contributed by atoms with Crippen LogP contribution >= 0.6 is 0 Å². The van der Waals surface area contributed by atoms with Crippen LogP contribution in [0.5, 0.6) is 23.0 Å². The van der Waals surface area contributed by atoms with E-state index in [1.54, 1.807) is 37.3 Å². The van der Waals surface area contributed by atoms with Crippen LogP contribution in [0, 0.1) is 6.92 Å². The van der Waals surface area contributed by atoms with Gasteiger partial charge in [0.25, 0.3) is 11.8 Å². The van der Waals surface area contributed by atoms with Crippen LogP contribution in [-0.4, -0.2) is 51.0 Å². The van der Waals surface area contributed by atoms with Crippen molar-refractivity contribution in [1.29, 1.82) is 0 Å². The van der Waals surface area contributed by atoms with Crippen LogP contribution in [0.3, 0.4) is 0 Å². The number of nitrogens with zero attached hydrogens (tertiary/aromatic N) is 1. The number of carbonyl (C=O) groups excluding carboxylic acids is 3. The number of aryl methyl sites for hydroxylation is 1. The Hall–Kier alpha value is -4.84. The molecule has 0 aliphatic carbocycles. The molecule has 4 rings (SSSR count). The van der Waals surface area contributed by atoms with Crippen LogP contribution in [0.15, 0.2) is 71.1 Å². The van der Waals surface area contributed by atoms with Gasteiger partial charge >= 0.3 is 16.1 Å². The Kier molecular flexibility index (Phi) is 10.3. The summed E-state index contributed by atoms with van der Waals surface area (Å²) in [4.78, 5) is 39.7. The fraction of sp³-hybridized carbons (Fsp3) is 0.281. The Morgan fingerprint density at radius 2 is 1.45 bits per heavy atom. The lowest BCUT2D eigenvalue weighted by Crippen LogP contribution is -2.53. The number of urea groups is 1. The number of ether oxygens (including phenoxy) is 3. The van der Waals surface area contributed by atoms with Gasteiger partial charge in [0.15, 0.2) is 23.0 Å². The molecule has 0 radical (unpaired) electrons. The van der Waals surface area contributed by atoms with E-state index in [1.807, 2.05) is 20.8 Å². The lowest BCUT2D eigenvalue weighted by molar-refractivity contribution is -0.130. The molecule has 0 saturated carbocycles. The summed E-state index contributed by atoms with van der Waals surface area (Å²) in [6.45, 7) is 8.32. The molecule has 0 atom stereocenters.